The van der Waals surface area contributed by atoms with Gasteiger partial charge in [0.15, 0.2) is 0 Å². The van der Waals surface area contributed by atoms with Crippen molar-refractivity contribution in [3.05, 3.63) is 29.8 Å². The van der Waals surface area contributed by atoms with Crippen molar-refractivity contribution in [2.45, 2.75) is 11.8 Å². The van der Waals surface area contributed by atoms with Crippen molar-refractivity contribution in [3.8, 4) is 0 Å². The summed E-state index contributed by atoms with van der Waals surface area (Å²) < 4.78 is 26.7. The summed E-state index contributed by atoms with van der Waals surface area (Å²) >= 11 is 1.96. The van der Waals surface area contributed by atoms with E-state index in [0.717, 1.165) is 17.1 Å². The van der Waals surface area contributed by atoms with Crippen molar-refractivity contribution in [2.75, 3.05) is 24.6 Å². The number of hydrogen-bond acceptors (Lipinski definition) is 3. The van der Waals surface area contributed by atoms with Crippen LogP contribution in [-0.4, -0.2) is 37.3 Å². The molecule has 2 fully saturated rings. The van der Waals surface area contributed by atoms with E-state index in [9.17, 15) is 8.42 Å². The molecule has 0 spiro atoms. The molecule has 3 rings (SSSR count). The number of thioether (sulfide) groups is 1. The maximum atomic E-state index is 12.5. The summed E-state index contributed by atoms with van der Waals surface area (Å²) in [4.78, 5) is 0.431. The second kappa shape index (κ2) is 4.54. The quantitative estimate of drug-likeness (QED) is 0.833. The van der Waals surface area contributed by atoms with Gasteiger partial charge in [-0.25, -0.2) is 8.42 Å². The van der Waals surface area contributed by atoms with E-state index in [2.05, 4.69) is 0 Å². The van der Waals surface area contributed by atoms with E-state index in [1.165, 1.54) is 0 Å². The van der Waals surface area contributed by atoms with E-state index in [1.807, 2.05) is 30.8 Å². The van der Waals surface area contributed by atoms with Crippen LogP contribution >= 0.6 is 11.8 Å². The highest BCUT2D eigenvalue weighted by atomic mass is 32.2. The zero-order chi connectivity index (χ0) is 12.8. The van der Waals surface area contributed by atoms with Crippen LogP contribution in [0.3, 0.4) is 0 Å². The monoisotopic (exact) mass is 283 g/mol. The van der Waals surface area contributed by atoms with Crippen LogP contribution < -0.4 is 0 Å². The van der Waals surface area contributed by atoms with E-state index in [-0.39, 0.29) is 0 Å². The summed E-state index contributed by atoms with van der Waals surface area (Å²) in [5.74, 6) is 3.36. The number of sulfonamides is 1. The lowest BCUT2D eigenvalue weighted by atomic mass is 10.0. The number of aryl methyl sites for hydroxylation is 1. The minimum absolute atomic E-state index is 0.431. The molecule has 18 heavy (non-hydrogen) atoms. The van der Waals surface area contributed by atoms with Crippen molar-refractivity contribution in [3.63, 3.8) is 0 Å². The molecule has 0 amide bonds. The van der Waals surface area contributed by atoms with Gasteiger partial charge in [0, 0.05) is 13.1 Å². The van der Waals surface area contributed by atoms with Crippen LogP contribution in [0, 0.1) is 18.8 Å². The van der Waals surface area contributed by atoms with Crippen LogP contribution in [0.15, 0.2) is 29.2 Å². The lowest BCUT2D eigenvalue weighted by molar-refractivity contribution is 0.463. The van der Waals surface area contributed by atoms with E-state index < -0.39 is 10.0 Å². The van der Waals surface area contributed by atoms with E-state index in [0.29, 0.717) is 29.8 Å². The van der Waals surface area contributed by atoms with Gasteiger partial charge in [0.2, 0.25) is 10.0 Å². The predicted molar refractivity (Wildman–Crippen MR) is 74.2 cm³/mol. The zero-order valence-electron chi connectivity index (χ0n) is 10.4. The predicted octanol–water partition coefficient (Wildman–Crippen LogP) is 1.98. The van der Waals surface area contributed by atoms with Gasteiger partial charge in [0.05, 0.1) is 4.90 Å². The maximum absolute atomic E-state index is 12.5. The molecule has 2 atom stereocenters. The first-order chi connectivity index (χ1) is 8.57. The summed E-state index contributed by atoms with van der Waals surface area (Å²) in [5.41, 5.74) is 1.09. The van der Waals surface area contributed by atoms with Crippen LogP contribution in [0.2, 0.25) is 0 Å². The molecule has 0 N–H and O–H groups in total. The van der Waals surface area contributed by atoms with Crippen LogP contribution in [0.1, 0.15) is 5.56 Å². The van der Waals surface area contributed by atoms with Gasteiger partial charge in [-0.2, -0.15) is 16.1 Å². The van der Waals surface area contributed by atoms with Crippen LogP contribution in [0.5, 0.6) is 0 Å². The molecule has 1 aromatic carbocycles. The Bertz CT molecular complexity index is 527. The molecule has 98 valence electrons. The zero-order valence-corrected chi connectivity index (χ0v) is 12.0. The van der Waals surface area contributed by atoms with E-state index in [1.54, 1.807) is 16.4 Å². The Kier molecular flexibility index (Phi) is 3.16. The third kappa shape index (κ3) is 2.08. The van der Waals surface area contributed by atoms with Gasteiger partial charge in [-0.15, -0.1) is 0 Å². The van der Waals surface area contributed by atoms with Gasteiger partial charge in [-0.05, 0) is 42.4 Å². The lowest BCUT2D eigenvalue weighted by Gasteiger charge is -2.17. The first-order valence-electron chi connectivity index (χ1n) is 6.22. The second-order valence-corrected chi connectivity index (χ2v) is 8.21. The van der Waals surface area contributed by atoms with E-state index in [4.69, 9.17) is 0 Å². The van der Waals surface area contributed by atoms with Crippen molar-refractivity contribution < 1.29 is 8.42 Å². The summed E-state index contributed by atoms with van der Waals surface area (Å²) in [5, 5.41) is 0. The largest absolute Gasteiger partial charge is 0.243 e. The van der Waals surface area contributed by atoms with Gasteiger partial charge in [-0.3, -0.25) is 0 Å². The molecule has 0 unspecified atom stereocenters. The van der Waals surface area contributed by atoms with E-state index >= 15 is 0 Å². The van der Waals surface area contributed by atoms with Crippen molar-refractivity contribution in [1.29, 1.82) is 0 Å². The highest BCUT2D eigenvalue weighted by Crippen LogP contribution is 2.38. The molecule has 2 aliphatic heterocycles. The van der Waals surface area contributed by atoms with Gasteiger partial charge in [0.1, 0.15) is 0 Å². The molecule has 2 aliphatic rings. The van der Waals surface area contributed by atoms with Crippen LogP contribution in [0.4, 0.5) is 0 Å². The molecule has 0 aliphatic carbocycles. The lowest BCUT2D eigenvalue weighted by Crippen LogP contribution is -2.29. The van der Waals surface area contributed by atoms with Crippen LogP contribution in [-0.2, 0) is 10.0 Å². The average Bonchev–Trinajstić information content (AvgIpc) is 2.89. The van der Waals surface area contributed by atoms with Gasteiger partial charge < -0.3 is 0 Å². The second-order valence-electron chi connectivity index (χ2n) is 5.19. The fourth-order valence-electron chi connectivity index (χ4n) is 2.70. The van der Waals surface area contributed by atoms with Gasteiger partial charge >= 0.3 is 0 Å². The highest BCUT2D eigenvalue weighted by molar-refractivity contribution is 7.99. The Labute approximate surface area is 113 Å². The van der Waals surface area contributed by atoms with Crippen LogP contribution in [0.25, 0.3) is 0 Å². The Morgan fingerprint density at radius 2 is 1.67 bits per heavy atom. The SMILES string of the molecule is Cc1ccc(S(=O)(=O)N2C[C@H]3CSC[C@H]3C2)cc1. The molecule has 0 aromatic heterocycles. The molecule has 0 radical (unpaired) electrons. The first kappa shape index (κ1) is 12.5. The standard InChI is InChI=1S/C13H17NO2S2/c1-10-2-4-13(5-3-10)18(15,16)14-6-11-8-17-9-12(11)7-14/h2-5,11-12H,6-9H2,1H3/t11-,12+. The molecule has 1 aromatic rings. The van der Waals surface area contributed by atoms with Crippen molar-refractivity contribution in [2.24, 2.45) is 11.8 Å². The van der Waals surface area contributed by atoms with Crippen molar-refractivity contribution in [1.82, 2.24) is 4.31 Å². The van der Waals surface area contributed by atoms with Gasteiger partial charge in [-0.1, -0.05) is 17.7 Å². The van der Waals surface area contributed by atoms with Crippen molar-refractivity contribution >= 4 is 21.8 Å². The number of rotatable bonds is 2. The molecule has 2 saturated heterocycles. The molecule has 0 saturated carbocycles. The number of fused-ring (bicyclic) bond motifs is 1. The summed E-state index contributed by atoms with van der Waals surface area (Å²) in [6, 6.07) is 7.15. The summed E-state index contributed by atoms with van der Waals surface area (Å²) in [6.45, 7) is 3.37. The summed E-state index contributed by atoms with van der Waals surface area (Å²) in [6.07, 6.45) is 0. The molecule has 0 bridgehead atoms. The maximum Gasteiger partial charge on any atom is 0.243 e. The fourth-order valence-corrected chi connectivity index (χ4v) is 5.75. The normalized spacial score (nSPS) is 28.5. The Morgan fingerprint density at radius 3 is 2.22 bits per heavy atom. The van der Waals surface area contributed by atoms with Gasteiger partial charge in [0.25, 0.3) is 0 Å². The smallest absolute Gasteiger partial charge is 0.207 e. The topological polar surface area (TPSA) is 37.4 Å². The fraction of sp³-hybridized carbons (Fsp3) is 0.538. The number of nitrogens with zero attached hydrogens (tertiary/aromatic N) is 1. The molecule has 5 heteroatoms. The third-order valence-electron chi connectivity index (χ3n) is 3.87. The minimum Gasteiger partial charge on any atom is -0.207 e. The summed E-state index contributed by atoms with van der Waals surface area (Å²) in [7, 11) is -3.27. The molecular weight excluding hydrogens is 266 g/mol. The first-order valence-corrected chi connectivity index (χ1v) is 8.81. The molecular formula is C13H17NO2S2. The molecule has 2 heterocycles. The Hall–Kier alpha value is -0.520. The highest BCUT2D eigenvalue weighted by Gasteiger charge is 2.41. The Morgan fingerprint density at radius 1 is 1.11 bits per heavy atom. The number of hydrogen-bond donors (Lipinski definition) is 0. The average molecular weight is 283 g/mol. The Balaban J connectivity index is 1.85. The molecule has 3 nitrogen and oxygen atoms in total. The third-order valence-corrected chi connectivity index (χ3v) is 7.04. The number of benzene rings is 1. The minimum atomic E-state index is -3.27.